The fourth-order valence-corrected chi connectivity index (χ4v) is 2.11. The number of aromatic nitrogens is 1. The summed E-state index contributed by atoms with van der Waals surface area (Å²) in [6.07, 6.45) is 1.17. The van der Waals surface area contributed by atoms with E-state index >= 15 is 0 Å². The summed E-state index contributed by atoms with van der Waals surface area (Å²) in [7, 11) is 0. The van der Waals surface area contributed by atoms with Gasteiger partial charge in [0.05, 0.1) is 0 Å². The molecule has 0 bridgehead atoms. The number of anilines is 1. The molecule has 94 valence electrons. The Bertz CT molecular complexity index is 529. The second-order valence-electron chi connectivity index (χ2n) is 4.80. The number of rotatable bonds is 3. The highest BCUT2D eigenvalue weighted by Gasteiger charge is 2.06. The summed E-state index contributed by atoms with van der Waals surface area (Å²) in [5.74, 6) is 1.19. The molecule has 0 aliphatic rings. The van der Waals surface area contributed by atoms with Crippen LogP contribution in [0.5, 0.6) is 0 Å². The van der Waals surface area contributed by atoms with Gasteiger partial charge in [-0.1, -0.05) is 38.1 Å². The highest BCUT2D eigenvalue weighted by atomic mass is 14.8. The standard InChI is InChI=1S/C16H20N2/c1-4-11(2)13-5-7-14(8-6-13)15-9-10-16(17)18-12(15)3/h5-11H,4H2,1-3H3,(H2,17,18). The lowest BCUT2D eigenvalue weighted by atomic mass is 9.95. The predicted octanol–water partition coefficient (Wildman–Crippen LogP) is 4.15. The average molecular weight is 240 g/mol. The summed E-state index contributed by atoms with van der Waals surface area (Å²) in [5.41, 5.74) is 10.4. The minimum Gasteiger partial charge on any atom is -0.384 e. The van der Waals surface area contributed by atoms with Gasteiger partial charge in [-0.25, -0.2) is 4.98 Å². The molecule has 0 amide bonds. The molecule has 18 heavy (non-hydrogen) atoms. The molecule has 2 nitrogen and oxygen atoms in total. The van der Waals surface area contributed by atoms with Gasteiger partial charge in [-0.05, 0) is 42.5 Å². The Hall–Kier alpha value is -1.83. The van der Waals surface area contributed by atoms with Crippen molar-refractivity contribution in [1.82, 2.24) is 4.98 Å². The van der Waals surface area contributed by atoms with Crippen LogP contribution in [0.1, 0.15) is 37.4 Å². The van der Waals surface area contributed by atoms with Crippen molar-refractivity contribution in [2.45, 2.75) is 33.1 Å². The van der Waals surface area contributed by atoms with Crippen molar-refractivity contribution in [3.05, 3.63) is 47.7 Å². The molecule has 0 fully saturated rings. The van der Waals surface area contributed by atoms with E-state index in [1.165, 1.54) is 17.5 Å². The van der Waals surface area contributed by atoms with Gasteiger partial charge in [-0.3, -0.25) is 0 Å². The highest BCUT2D eigenvalue weighted by Crippen LogP contribution is 2.26. The maximum Gasteiger partial charge on any atom is 0.123 e. The molecule has 1 unspecified atom stereocenters. The van der Waals surface area contributed by atoms with Gasteiger partial charge in [-0.15, -0.1) is 0 Å². The maximum absolute atomic E-state index is 5.68. The monoisotopic (exact) mass is 240 g/mol. The molecule has 1 heterocycles. The second-order valence-corrected chi connectivity index (χ2v) is 4.80. The molecule has 2 rings (SSSR count). The highest BCUT2D eigenvalue weighted by molar-refractivity contribution is 5.67. The lowest BCUT2D eigenvalue weighted by Crippen LogP contribution is -1.95. The zero-order chi connectivity index (χ0) is 13.1. The lowest BCUT2D eigenvalue weighted by Gasteiger charge is -2.11. The first-order valence-electron chi connectivity index (χ1n) is 6.45. The Morgan fingerprint density at radius 1 is 1.11 bits per heavy atom. The topological polar surface area (TPSA) is 38.9 Å². The molecule has 2 aromatic rings. The molecular formula is C16H20N2. The number of nitrogens with zero attached hydrogens (tertiary/aromatic N) is 1. The van der Waals surface area contributed by atoms with Crippen molar-refractivity contribution in [1.29, 1.82) is 0 Å². The van der Waals surface area contributed by atoms with Crippen LogP contribution in [-0.4, -0.2) is 4.98 Å². The van der Waals surface area contributed by atoms with Crippen LogP contribution in [0.15, 0.2) is 36.4 Å². The fourth-order valence-electron chi connectivity index (χ4n) is 2.11. The first kappa shape index (κ1) is 12.6. The second kappa shape index (κ2) is 5.21. The van der Waals surface area contributed by atoms with Crippen molar-refractivity contribution >= 4 is 5.82 Å². The number of hydrogen-bond acceptors (Lipinski definition) is 2. The summed E-state index contributed by atoms with van der Waals surface area (Å²) >= 11 is 0. The van der Waals surface area contributed by atoms with E-state index in [4.69, 9.17) is 5.73 Å². The zero-order valence-electron chi connectivity index (χ0n) is 11.3. The number of pyridine rings is 1. The Morgan fingerprint density at radius 3 is 2.33 bits per heavy atom. The van der Waals surface area contributed by atoms with Crippen molar-refractivity contribution in [3.63, 3.8) is 0 Å². The molecule has 0 aliphatic heterocycles. The van der Waals surface area contributed by atoms with Gasteiger partial charge in [0.15, 0.2) is 0 Å². The number of benzene rings is 1. The molecule has 0 radical (unpaired) electrons. The summed E-state index contributed by atoms with van der Waals surface area (Å²) in [6, 6.07) is 12.6. The largest absolute Gasteiger partial charge is 0.384 e. The molecule has 1 aromatic carbocycles. The van der Waals surface area contributed by atoms with Crippen LogP contribution in [0.4, 0.5) is 5.82 Å². The van der Waals surface area contributed by atoms with Crippen molar-refractivity contribution in [3.8, 4) is 11.1 Å². The van der Waals surface area contributed by atoms with E-state index in [1.807, 2.05) is 19.1 Å². The quantitative estimate of drug-likeness (QED) is 0.875. The van der Waals surface area contributed by atoms with E-state index in [1.54, 1.807) is 0 Å². The molecule has 0 spiro atoms. The van der Waals surface area contributed by atoms with Gasteiger partial charge in [0.25, 0.3) is 0 Å². The van der Waals surface area contributed by atoms with E-state index in [-0.39, 0.29) is 0 Å². The molecule has 0 aliphatic carbocycles. The fraction of sp³-hybridized carbons (Fsp3) is 0.312. The normalized spacial score (nSPS) is 12.4. The number of aryl methyl sites for hydroxylation is 1. The third kappa shape index (κ3) is 2.53. The van der Waals surface area contributed by atoms with Crippen molar-refractivity contribution in [2.75, 3.05) is 5.73 Å². The van der Waals surface area contributed by atoms with Gasteiger partial charge in [0, 0.05) is 11.3 Å². The van der Waals surface area contributed by atoms with Crippen LogP contribution < -0.4 is 5.73 Å². The maximum atomic E-state index is 5.68. The number of nitrogen functional groups attached to an aromatic ring is 1. The van der Waals surface area contributed by atoms with E-state index in [2.05, 4.69) is 43.1 Å². The summed E-state index contributed by atoms with van der Waals surface area (Å²) < 4.78 is 0. The third-order valence-corrected chi connectivity index (χ3v) is 3.51. The van der Waals surface area contributed by atoms with E-state index in [9.17, 15) is 0 Å². The summed E-state index contributed by atoms with van der Waals surface area (Å²) in [4.78, 5) is 4.30. The van der Waals surface area contributed by atoms with Crippen LogP contribution in [0.2, 0.25) is 0 Å². The molecule has 0 saturated heterocycles. The summed E-state index contributed by atoms with van der Waals surface area (Å²) in [6.45, 7) is 6.46. The van der Waals surface area contributed by atoms with E-state index < -0.39 is 0 Å². The third-order valence-electron chi connectivity index (χ3n) is 3.51. The average Bonchev–Trinajstić information content (AvgIpc) is 2.38. The SMILES string of the molecule is CCC(C)c1ccc(-c2ccc(N)nc2C)cc1. The van der Waals surface area contributed by atoms with Crippen molar-refractivity contribution < 1.29 is 0 Å². The Kier molecular flexibility index (Phi) is 3.66. The molecule has 2 N–H and O–H groups in total. The zero-order valence-corrected chi connectivity index (χ0v) is 11.3. The van der Waals surface area contributed by atoms with Crippen LogP contribution in [0, 0.1) is 6.92 Å². The van der Waals surface area contributed by atoms with Crippen LogP contribution >= 0.6 is 0 Å². The van der Waals surface area contributed by atoms with Crippen LogP contribution in [-0.2, 0) is 0 Å². The Labute approximate surface area is 109 Å². The minimum absolute atomic E-state index is 0.576. The van der Waals surface area contributed by atoms with Gasteiger partial charge in [0.2, 0.25) is 0 Å². The molecular weight excluding hydrogens is 220 g/mol. The van der Waals surface area contributed by atoms with Crippen LogP contribution in [0.25, 0.3) is 11.1 Å². The number of nitrogens with two attached hydrogens (primary N) is 1. The molecule has 2 heteroatoms. The van der Waals surface area contributed by atoms with Gasteiger partial charge >= 0.3 is 0 Å². The van der Waals surface area contributed by atoms with E-state index in [0.717, 1.165) is 11.3 Å². The van der Waals surface area contributed by atoms with Gasteiger partial charge < -0.3 is 5.73 Å². The predicted molar refractivity (Wildman–Crippen MR) is 77.5 cm³/mol. The van der Waals surface area contributed by atoms with Gasteiger partial charge in [0.1, 0.15) is 5.82 Å². The van der Waals surface area contributed by atoms with Gasteiger partial charge in [-0.2, -0.15) is 0 Å². The molecule has 1 atom stereocenters. The lowest BCUT2D eigenvalue weighted by molar-refractivity contribution is 0.734. The molecule has 1 aromatic heterocycles. The first-order chi connectivity index (χ1) is 8.61. The Morgan fingerprint density at radius 2 is 1.78 bits per heavy atom. The minimum atomic E-state index is 0.576. The smallest absolute Gasteiger partial charge is 0.123 e. The summed E-state index contributed by atoms with van der Waals surface area (Å²) in [5, 5.41) is 0. The Balaban J connectivity index is 2.34. The van der Waals surface area contributed by atoms with E-state index in [0.29, 0.717) is 11.7 Å². The first-order valence-corrected chi connectivity index (χ1v) is 6.45. The molecule has 0 saturated carbocycles. The van der Waals surface area contributed by atoms with Crippen molar-refractivity contribution in [2.24, 2.45) is 0 Å². The van der Waals surface area contributed by atoms with Crippen LogP contribution in [0.3, 0.4) is 0 Å². The number of hydrogen-bond donors (Lipinski definition) is 1.